The summed E-state index contributed by atoms with van der Waals surface area (Å²) in [5, 5.41) is 13.8. The Labute approximate surface area is 221 Å². The highest BCUT2D eigenvalue weighted by Gasteiger charge is 2.26. The second-order valence-corrected chi connectivity index (χ2v) is 9.52. The van der Waals surface area contributed by atoms with Crippen LogP contribution in [-0.2, 0) is 19.6 Å². The zero-order valence-electron chi connectivity index (χ0n) is 22.0. The van der Waals surface area contributed by atoms with Crippen molar-refractivity contribution in [1.82, 2.24) is 30.1 Å². The van der Waals surface area contributed by atoms with Gasteiger partial charge in [0.05, 0.1) is 25.2 Å². The molecule has 0 saturated carbocycles. The number of aryl methyl sites for hydroxylation is 1. The molecule has 0 amide bonds. The molecule has 0 aliphatic carbocycles. The number of hydrogen-bond acceptors (Lipinski definition) is 6. The van der Waals surface area contributed by atoms with Gasteiger partial charge in [-0.25, -0.2) is 4.68 Å². The molecule has 8 heteroatoms. The first kappa shape index (κ1) is 25.4. The Hall–Kier alpha value is -4.30. The number of H-pyrrole nitrogens is 1. The maximum Gasteiger partial charge on any atom is 0.252 e. The second kappa shape index (κ2) is 11.4. The standard InChI is InChI=1S/C30H32N6O2/c1-4-27(29-32-33-34-36(29)19-23-13-15-26(38-3)16-14-23)35(18-22-10-6-5-7-11-22)20-25-17-24-12-8-9-21(2)28(24)31-30(25)37/h5-17,27H,4,18-20H2,1-3H3,(H,31,37). The van der Waals surface area contributed by atoms with E-state index in [0.29, 0.717) is 25.2 Å². The van der Waals surface area contributed by atoms with Gasteiger partial charge >= 0.3 is 0 Å². The first-order valence-electron chi connectivity index (χ1n) is 12.8. The summed E-state index contributed by atoms with van der Waals surface area (Å²) in [6, 6.07) is 26.2. The minimum atomic E-state index is -0.101. The smallest absolute Gasteiger partial charge is 0.252 e. The van der Waals surface area contributed by atoms with Gasteiger partial charge < -0.3 is 9.72 Å². The van der Waals surface area contributed by atoms with E-state index >= 15 is 0 Å². The summed E-state index contributed by atoms with van der Waals surface area (Å²) in [6.07, 6.45) is 0.778. The Bertz CT molecular complexity index is 1560. The van der Waals surface area contributed by atoms with E-state index in [2.05, 4.69) is 44.5 Å². The maximum absolute atomic E-state index is 13.2. The Balaban J connectivity index is 1.50. The fraction of sp³-hybridized carbons (Fsp3) is 0.267. The number of ether oxygens (including phenoxy) is 1. The van der Waals surface area contributed by atoms with Gasteiger partial charge in [0.25, 0.3) is 5.56 Å². The molecule has 2 heterocycles. The van der Waals surface area contributed by atoms with E-state index < -0.39 is 0 Å². The molecule has 194 valence electrons. The van der Waals surface area contributed by atoms with Crippen LogP contribution in [0.2, 0.25) is 0 Å². The van der Waals surface area contributed by atoms with Gasteiger partial charge in [-0.2, -0.15) is 0 Å². The van der Waals surface area contributed by atoms with Gasteiger partial charge in [0, 0.05) is 18.7 Å². The van der Waals surface area contributed by atoms with E-state index in [1.807, 2.05) is 78.3 Å². The highest BCUT2D eigenvalue weighted by Crippen LogP contribution is 2.27. The lowest BCUT2D eigenvalue weighted by Gasteiger charge is -2.30. The molecule has 0 aliphatic rings. The SMILES string of the molecule is CCC(c1nnnn1Cc1ccc(OC)cc1)N(Cc1ccccc1)Cc1cc2cccc(C)c2[nH]c1=O. The third kappa shape index (κ3) is 5.50. The number of nitrogens with zero attached hydrogens (tertiary/aromatic N) is 5. The van der Waals surface area contributed by atoms with E-state index in [4.69, 9.17) is 4.74 Å². The summed E-state index contributed by atoms with van der Waals surface area (Å²) >= 11 is 0. The van der Waals surface area contributed by atoms with Gasteiger partial charge in [0.1, 0.15) is 5.75 Å². The average molecular weight is 509 g/mol. The number of methoxy groups -OCH3 is 1. The number of fused-ring (bicyclic) bond motifs is 1. The van der Waals surface area contributed by atoms with E-state index in [0.717, 1.165) is 45.6 Å². The molecule has 1 atom stereocenters. The van der Waals surface area contributed by atoms with Crippen molar-refractivity contribution in [3.63, 3.8) is 0 Å². The minimum absolute atomic E-state index is 0.0717. The Morgan fingerprint density at radius 3 is 2.50 bits per heavy atom. The fourth-order valence-electron chi connectivity index (χ4n) is 4.93. The van der Waals surface area contributed by atoms with Gasteiger partial charge in [-0.1, -0.05) is 67.6 Å². The van der Waals surface area contributed by atoms with Gasteiger partial charge in [-0.15, -0.1) is 5.10 Å². The largest absolute Gasteiger partial charge is 0.497 e. The van der Waals surface area contributed by atoms with Crippen LogP contribution in [0.5, 0.6) is 5.75 Å². The van der Waals surface area contributed by atoms with Crippen LogP contribution in [0.4, 0.5) is 0 Å². The van der Waals surface area contributed by atoms with E-state index in [9.17, 15) is 4.79 Å². The summed E-state index contributed by atoms with van der Waals surface area (Å²) in [5.41, 5.74) is 4.81. The molecule has 1 unspecified atom stereocenters. The Morgan fingerprint density at radius 2 is 1.76 bits per heavy atom. The van der Waals surface area contributed by atoms with Crippen LogP contribution in [0.25, 0.3) is 10.9 Å². The molecule has 38 heavy (non-hydrogen) atoms. The van der Waals surface area contributed by atoms with E-state index in [1.54, 1.807) is 7.11 Å². The summed E-state index contributed by atoms with van der Waals surface area (Å²) in [7, 11) is 1.66. The zero-order chi connectivity index (χ0) is 26.5. The van der Waals surface area contributed by atoms with Crippen molar-refractivity contribution in [3.05, 3.63) is 117 Å². The number of tetrazole rings is 1. The number of rotatable bonds is 10. The zero-order valence-corrected chi connectivity index (χ0v) is 22.0. The van der Waals surface area contributed by atoms with Crippen LogP contribution in [0.1, 0.15) is 47.5 Å². The highest BCUT2D eigenvalue weighted by atomic mass is 16.5. The highest BCUT2D eigenvalue weighted by molar-refractivity contribution is 5.81. The van der Waals surface area contributed by atoms with Gasteiger partial charge in [0.2, 0.25) is 0 Å². The van der Waals surface area contributed by atoms with E-state index in [-0.39, 0.29) is 11.6 Å². The second-order valence-electron chi connectivity index (χ2n) is 9.52. The molecular weight excluding hydrogens is 476 g/mol. The third-order valence-electron chi connectivity index (χ3n) is 6.94. The lowest BCUT2D eigenvalue weighted by atomic mass is 10.1. The maximum atomic E-state index is 13.2. The predicted octanol–water partition coefficient (Wildman–Crippen LogP) is 5.03. The van der Waals surface area contributed by atoms with Crippen molar-refractivity contribution in [2.45, 2.75) is 45.9 Å². The topological polar surface area (TPSA) is 88.9 Å². The van der Waals surface area contributed by atoms with Crippen LogP contribution >= 0.6 is 0 Å². The molecule has 0 spiro atoms. The molecule has 3 aromatic carbocycles. The van der Waals surface area contributed by atoms with Crippen molar-refractivity contribution in [1.29, 1.82) is 0 Å². The Morgan fingerprint density at radius 1 is 0.974 bits per heavy atom. The van der Waals surface area contributed by atoms with Gasteiger partial charge in [0.15, 0.2) is 5.82 Å². The summed E-state index contributed by atoms with van der Waals surface area (Å²) in [5.74, 6) is 1.58. The number of aromatic amines is 1. The van der Waals surface area contributed by atoms with Crippen LogP contribution in [-0.4, -0.2) is 37.2 Å². The number of para-hydroxylation sites is 1. The molecule has 0 radical (unpaired) electrons. The molecule has 8 nitrogen and oxygen atoms in total. The van der Waals surface area contributed by atoms with Crippen LogP contribution in [0.3, 0.4) is 0 Å². The molecule has 5 aromatic rings. The first-order chi connectivity index (χ1) is 18.6. The van der Waals surface area contributed by atoms with Gasteiger partial charge in [-0.3, -0.25) is 9.69 Å². The van der Waals surface area contributed by atoms with Gasteiger partial charge in [-0.05, 0) is 64.0 Å². The number of aromatic nitrogens is 5. The van der Waals surface area contributed by atoms with Crippen LogP contribution in [0.15, 0.2) is 83.7 Å². The van der Waals surface area contributed by atoms with E-state index in [1.165, 1.54) is 0 Å². The number of nitrogens with one attached hydrogen (secondary N) is 1. The molecule has 2 aromatic heterocycles. The number of benzene rings is 3. The summed E-state index contributed by atoms with van der Waals surface area (Å²) in [6.45, 7) is 5.79. The molecule has 1 N–H and O–H groups in total. The quantitative estimate of drug-likeness (QED) is 0.285. The molecular formula is C30H32N6O2. The fourth-order valence-corrected chi connectivity index (χ4v) is 4.93. The molecule has 0 fully saturated rings. The molecule has 5 rings (SSSR count). The lowest BCUT2D eigenvalue weighted by molar-refractivity contribution is 0.161. The minimum Gasteiger partial charge on any atom is -0.497 e. The van der Waals surface area contributed by atoms with Crippen molar-refractivity contribution in [2.75, 3.05) is 7.11 Å². The predicted molar refractivity (Wildman–Crippen MR) is 148 cm³/mol. The third-order valence-corrected chi connectivity index (χ3v) is 6.94. The Kier molecular flexibility index (Phi) is 7.60. The molecule has 0 aliphatic heterocycles. The monoisotopic (exact) mass is 508 g/mol. The molecule has 0 bridgehead atoms. The average Bonchev–Trinajstić information content (AvgIpc) is 3.38. The first-order valence-corrected chi connectivity index (χ1v) is 12.8. The van der Waals surface area contributed by atoms with Crippen molar-refractivity contribution >= 4 is 10.9 Å². The lowest BCUT2D eigenvalue weighted by Crippen LogP contribution is -2.32. The number of hydrogen-bond donors (Lipinski definition) is 1. The number of pyridine rings is 1. The van der Waals surface area contributed by atoms with Crippen LogP contribution < -0.4 is 10.3 Å². The van der Waals surface area contributed by atoms with Crippen LogP contribution in [0, 0.1) is 6.92 Å². The molecule has 0 saturated heterocycles. The van der Waals surface area contributed by atoms with Crippen molar-refractivity contribution in [3.8, 4) is 5.75 Å². The van der Waals surface area contributed by atoms with Crippen molar-refractivity contribution in [2.24, 2.45) is 0 Å². The summed E-state index contributed by atoms with van der Waals surface area (Å²) in [4.78, 5) is 18.6. The normalized spacial score (nSPS) is 12.2. The van der Waals surface area contributed by atoms with Crippen molar-refractivity contribution < 1.29 is 4.74 Å². The summed E-state index contributed by atoms with van der Waals surface area (Å²) < 4.78 is 7.14.